The standard InChI is InChI=1S/C22H23BrN4O4/c1-12-6-13(2)14(3)21(7-12)31-19-9-17(8-18(10-19)27(29)30)25-22(28)16(5)26-15(4)20(23)11-24-26/h6-11,16H,1-5H3,(H,25,28). The highest BCUT2D eigenvalue weighted by atomic mass is 79.9. The number of rotatable bonds is 6. The molecule has 3 aromatic rings. The Balaban J connectivity index is 1.91. The van der Waals surface area contributed by atoms with Gasteiger partial charge in [0, 0.05) is 12.1 Å². The van der Waals surface area contributed by atoms with Crippen molar-refractivity contribution in [1.29, 1.82) is 0 Å². The molecule has 1 amide bonds. The summed E-state index contributed by atoms with van der Waals surface area (Å²) in [6.07, 6.45) is 1.62. The van der Waals surface area contributed by atoms with Gasteiger partial charge in [0.1, 0.15) is 17.5 Å². The van der Waals surface area contributed by atoms with Gasteiger partial charge in [-0.2, -0.15) is 5.10 Å². The van der Waals surface area contributed by atoms with Gasteiger partial charge in [-0.05, 0) is 73.3 Å². The summed E-state index contributed by atoms with van der Waals surface area (Å²) in [5.41, 5.74) is 3.91. The first-order valence-corrected chi connectivity index (χ1v) is 10.4. The number of amides is 1. The van der Waals surface area contributed by atoms with Crippen molar-refractivity contribution < 1.29 is 14.5 Å². The number of nitrogens with zero attached hydrogens (tertiary/aromatic N) is 3. The predicted molar refractivity (Wildman–Crippen MR) is 122 cm³/mol. The quantitative estimate of drug-likeness (QED) is 0.351. The molecule has 0 saturated carbocycles. The van der Waals surface area contributed by atoms with E-state index in [0.717, 1.165) is 26.9 Å². The average Bonchev–Trinajstić information content (AvgIpc) is 3.03. The van der Waals surface area contributed by atoms with Crippen LogP contribution in [0, 0.1) is 37.8 Å². The molecule has 1 N–H and O–H groups in total. The highest BCUT2D eigenvalue weighted by molar-refractivity contribution is 9.10. The third kappa shape index (κ3) is 4.93. The summed E-state index contributed by atoms with van der Waals surface area (Å²) < 4.78 is 8.34. The van der Waals surface area contributed by atoms with E-state index in [2.05, 4.69) is 26.3 Å². The van der Waals surface area contributed by atoms with Crippen molar-refractivity contribution in [1.82, 2.24) is 9.78 Å². The molecule has 0 aliphatic carbocycles. The van der Waals surface area contributed by atoms with Gasteiger partial charge < -0.3 is 10.1 Å². The molecule has 0 fully saturated rings. The Bertz CT molecular complexity index is 1170. The Morgan fingerprint density at radius 2 is 1.90 bits per heavy atom. The number of ether oxygens (including phenoxy) is 1. The molecule has 1 heterocycles. The van der Waals surface area contributed by atoms with Crippen LogP contribution in [0.25, 0.3) is 0 Å². The van der Waals surface area contributed by atoms with E-state index in [1.807, 2.05) is 39.8 Å². The number of nitro groups is 1. The number of aromatic nitrogens is 2. The fraction of sp³-hybridized carbons (Fsp3) is 0.273. The Morgan fingerprint density at radius 1 is 1.19 bits per heavy atom. The maximum Gasteiger partial charge on any atom is 0.275 e. The largest absolute Gasteiger partial charge is 0.457 e. The molecule has 1 unspecified atom stereocenters. The summed E-state index contributed by atoms with van der Waals surface area (Å²) in [6, 6.07) is 7.51. The van der Waals surface area contributed by atoms with Gasteiger partial charge in [0.2, 0.25) is 5.91 Å². The van der Waals surface area contributed by atoms with Crippen LogP contribution in [0.1, 0.15) is 35.3 Å². The second-order valence-electron chi connectivity index (χ2n) is 7.47. The Labute approximate surface area is 188 Å². The fourth-order valence-electron chi connectivity index (χ4n) is 3.20. The third-order valence-corrected chi connectivity index (χ3v) is 5.87. The van der Waals surface area contributed by atoms with Crippen molar-refractivity contribution >= 4 is 33.2 Å². The highest BCUT2D eigenvalue weighted by Gasteiger charge is 2.20. The summed E-state index contributed by atoms with van der Waals surface area (Å²) in [5.74, 6) is 0.525. The molecule has 0 spiro atoms. The van der Waals surface area contributed by atoms with Crippen LogP contribution in [0.15, 0.2) is 41.0 Å². The topological polar surface area (TPSA) is 99.3 Å². The smallest absolute Gasteiger partial charge is 0.275 e. The van der Waals surface area contributed by atoms with E-state index < -0.39 is 11.0 Å². The first-order valence-electron chi connectivity index (χ1n) is 9.62. The minimum Gasteiger partial charge on any atom is -0.457 e. The highest BCUT2D eigenvalue weighted by Crippen LogP contribution is 2.33. The number of hydrogen-bond acceptors (Lipinski definition) is 5. The minimum absolute atomic E-state index is 0.180. The van der Waals surface area contributed by atoms with Gasteiger partial charge in [-0.25, -0.2) is 0 Å². The molecular formula is C22H23BrN4O4. The molecular weight excluding hydrogens is 464 g/mol. The average molecular weight is 487 g/mol. The summed E-state index contributed by atoms with van der Waals surface area (Å²) in [4.78, 5) is 23.7. The molecule has 0 radical (unpaired) electrons. The molecule has 1 atom stereocenters. The van der Waals surface area contributed by atoms with Gasteiger partial charge in [0.15, 0.2) is 0 Å². The number of aryl methyl sites for hydroxylation is 2. The number of nitro benzene ring substituents is 1. The summed E-state index contributed by atoms with van der Waals surface area (Å²) in [6.45, 7) is 9.40. The molecule has 2 aromatic carbocycles. The first kappa shape index (κ1) is 22.5. The third-order valence-electron chi connectivity index (χ3n) is 5.09. The SMILES string of the molecule is Cc1cc(C)c(C)c(Oc2cc(NC(=O)C(C)n3ncc(Br)c3C)cc([N+](=O)[O-])c2)c1. The van der Waals surface area contributed by atoms with Crippen LogP contribution in [0.5, 0.6) is 11.5 Å². The summed E-state index contributed by atoms with van der Waals surface area (Å²) in [5, 5.41) is 18.4. The molecule has 0 aliphatic rings. The first-order chi connectivity index (χ1) is 14.6. The molecule has 0 aliphatic heterocycles. The van der Waals surface area contributed by atoms with Gasteiger partial charge in [0.05, 0.1) is 33.0 Å². The van der Waals surface area contributed by atoms with Gasteiger partial charge in [-0.15, -0.1) is 0 Å². The van der Waals surface area contributed by atoms with Gasteiger partial charge in [0.25, 0.3) is 5.69 Å². The van der Waals surface area contributed by atoms with Crippen LogP contribution in [-0.2, 0) is 4.79 Å². The van der Waals surface area contributed by atoms with E-state index in [4.69, 9.17) is 4.74 Å². The van der Waals surface area contributed by atoms with E-state index in [1.54, 1.807) is 23.9 Å². The van der Waals surface area contributed by atoms with Crippen molar-refractivity contribution in [3.63, 3.8) is 0 Å². The van der Waals surface area contributed by atoms with Crippen LogP contribution in [0.3, 0.4) is 0 Å². The second kappa shape index (κ2) is 8.89. The number of benzene rings is 2. The zero-order chi connectivity index (χ0) is 22.9. The lowest BCUT2D eigenvalue weighted by Crippen LogP contribution is -2.25. The predicted octanol–water partition coefficient (Wildman–Crippen LogP) is 5.78. The van der Waals surface area contributed by atoms with Crippen molar-refractivity contribution in [2.45, 2.75) is 40.7 Å². The molecule has 3 rings (SSSR count). The Hall–Kier alpha value is -3.20. The van der Waals surface area contributed by atoms with Crippen molar-refractivity contribution in [3.8, 4) is 11.5 Å². The molecule has 162 valence electrons. The number of nitrogens with one attached hydrogen (secondary N) is 1. The van der Waals surface area contributed by atoms with Gasteiger partial charge in [-0.3, -0.25) is 19.6 Å². The van der Waals surface area contributed by atoms with Crippen LogP contribution < -0.4 is 10.1 Å². The summed E-state index contributed by atoms with van der Waals surface area (Å²) >= 11 is 3.38. The monoisotopic (exact) mass is 486 g/mol. The van der Waals surface area contributed by atoms with Crippen molar-refractivity contribution in [3.05, 3.63) is 73.5 Å². The lowest BCUT2D eigenvalue weighted by atomic mass is 10.1. The van der Waals surface area contributed by atoms with Crippen molar-refractivity contribution in [2.24, 2.45) is 0 Å². The van der Waals surface area contributed by atoms with Crippen LogP contribution in [0.2, 0.25) is 0 Å². The lowest BCUT2D eigenvalue weighted by molar-refractivity contribution is -0.384. The number of anilines is 1. The second-order valence-corrected chi connectivity index (χ2v) is 8.32. The molecule has 8 nitrogen and oxygen atoms in total. The van der Waals surface area contributed by atoms with E-state index in [-0.39, 0.29) is 23.0 Å². The molecule has 9 heteroatoms. The number of non-ortho nitro benzene ring substituents is 1. The Kier molecular flexibility index (Phi) is 6.45. The van der Waals surface area contributed by atoms with E-state index in [9.17, 15) is 14.9 Å². The minimum atomic E-state index is -0.614. The van der Waals surface area contributed by atoms with Gasteiger partial charge in [-0.1, -0.05) is 6.07 Å². The number of carbonyl (C=O) groups is 1. The van der Waals surface area contributed by atoms with E-state index >= 15 is 0 Å². The zero-order valence-corrected chi connectivity index (χ0v) is 19.5. The van der Waals surface area contributed by atoms with Gasteiger partial charge >= 0.3 is 0 Å². The molecule has 1 aromatic heterocycles. The van der Waals surface area contributed by atoms with Crippen molar-refractivity contribution in [2.75, 3.05) is 5.32 Å². The Morgan fingerprint density at radius 3 is 2.52 bits per heavy atom. The van der Waals surface area contributed by atoms with E-state index in [0.29, 0.717) is 5.75 Å². The van der Waals surface area contributed by atoms with Crippen LogP contribution >= 0.6 is 15.9 Å². The van der Waals surface area contributed by atoms with Crippen LogP contribution in [-0.4, -0.2) is 20.6 Å². The van der Waals surface area contributed by atoms with E-state index in [1.165, 1.54) is 12.1 Å². The fourth-order valence-corrected chi connectivity index (χ4v) is 3.48. The molecule has 31 heavy (non-hydrogen) atoms. The zero-order valence-electron chi connectivity index (χ0n) is 17.9. The lowest BCUT2D eigenvalue weighted by Gasteiger charge is -2.16. The number of hydrogen-bond donors (Lipinski definition) is 1. The number of halogens is 1. The van der Waals surface area contributed by atoms with Crippen LogP contribution in [0.4, 0.5) is 11.4 Å². The molecule has 0 saturated heterocycles. The maximum absolute atomic E-state index is 12.8. The molecule has 0 bridgehead atoms. The number of carbonyl (C=O) groups excluding carboxylic acids is 1. The normalized spacial score (nSPS) is 11.8. The summed E-state index contributed by atoms with van der Waals surface area (Å²) in [7, 11) is 0. The maximum atomic E-state index is 12.8.